The lowest BCUT2D eigenvalue weighted by molar-refractivity contribution is -0.384. The Morgan fingerprint density at radius 1 is 1.18 bits per heavy atom. The molecule has 10 nitrogen and oxygen atoms in total. The van der Waals surface area contributed by atoms with Crippen LogP contribution in [0.3, 0.4) is 0 Å². The van der Waals surface area contributed by atoms with Gasteiger partial charge in [0.25, 0.3) is 5.69 Å². The zero-order valence-electron chi connectivity index (χ0n) is 14.7. The second-order valence-electron chi connectivity index (χ2n) is 5.91. The molecule has 0 bridgehead atoms. The fraction of sp³-hybridized carbons (Fsp3) is 0.235. The first-order valence-electron chi connectivity index (χ1n) is 8.32. The van der Waals surface area contributed by atoms with E-state index in [-0.39, 0.29) is 42.6 Å². The van der Waals surface area contributed by atoms with E-state index in [1.807, 2.05) is 0 Å². The lowest BCUT2D eigenvalue weighted by atomic mass is 10.2. The van der Waals surface area contributed by atoms with Gasteiger partial charge in [-0.2, -0.15) is 9.41 Å². The van der Waals surface area contributed by atoms with Crippen molar-refractivity contribution in [3.8, 4) is 5.75 Å². The third-order valence-corrected chi connectivity index (χ3v) is 5.96. The number of hydrazone groups is 1. The molecule has 0 aliphatic carbocycles. The van der Waals surface area contributed by atoms with Crippen molar-refractivity contribution in [2.24, 2.45) is 5.10 Å². The average molecular weight is 406 g/mol. The molecule has 28 heavy (non-hydrogen) atoms. The summed E-state index contributed by atoms with van der Waals surface area (Å²) in [6.45, 7) is 0.972. The summed E-state index contributed by atoms with van der Waals surface area (Å²) in [5, 5.41) is 24.6. The van der Waals surface area contributed by atoms with Gasteiger partial charge in [-0.15, -0.1) is 0 Å². The summed E-state index contributed by atoms with van der Waals surface area (Å²) >= 11 is 0. The Balaban J connectivity index is 1.83. The molecule has 11 heteroatoms. The number of nitrogens with one attached hydrogen (secondary N) is 1. The van der Waals surface area contributed by atoms with Gasteiger partial charge in [-0.05, 0) is 42.0 Å². The predicted octanol–water partition coefficient (Wildman–Crippen LogP) is 1.77. The van der Waals surface area contributed by atoms with E-state index in [0.717, 1.165) is 6.07 Å². The topological polar surface area (TPSA) is 134 Å². The molecule has 1 saturated heterocycles. The van der Waals surface area contributed by atoms with Gasteiger partial charge in [0.2, 0.25) is 10.0 Å². The summed E-state index contributed by atoms with van der Waals surface area (Å²) in [7, 11) is -3.84. The van der Waals surface area contributed by atoms with Crippen LogP contribution in [0.2, 0.25) is 0 Å². The Morgan fingerprint density at radius 2 is 1.86 bits per heavy atom. The van der Waals surface area contributed by atoms with E-state index in [1.54, 1.807) is 12.1 Å². The van der Waals surface area contributed by atoms with Crippen molar-refractivity contribution in [2.75, 3.05) is 31.7 Å². The maximum absolute atomic E-state index is 12.7. The van der Waals surface area contributed by atoms with E-state index in [0.29, 0.717) is 5.56 Å². The summed E-state index contributed by atoms with van der Waals surface area (Å²) in [6, 6.07) is 9.82. The lowest BCUT2D eigenvalue weighted by Gasteiger charge is -2.26. The number of sulfonamides is 1. The highest BCUT2D eigenvalue weighted by molar-refractivity contribution is 7.89. The van der Waals surface area contributed by atoms with Crippen LogP contribution in [0.1, 0.15) is 5.56 Å². The number of nitrogens with zero attached hydrogens (tertiary/aromatic N) is 3. The quantitative estimate of drug-likeness (QED) is 0.424. The number of anilines is 1. The number of nitro benzene ring substituents is 1. The van der Waals surface area contributed by atoms with Crippen molar-refractivity contribution in [3.05, 3.63) is 58.1 Å². The molecule has 1 aliphatic rings. The minimum atomic E-state index is -3.84. The van der Waals surface area contributed by atoms with Crippen LogP contribution in [-0.4, -0.2) is 55.3 Å². The molecular weight excluding hydrogens is 388 g/mol. The van der Waals surface area contributed by atoms with Crippen molar-refractivity contribution >= 4 is 27.6 Å². The van der Waals surface area contributed by atoms with Gasteiger partial charge in [-0.1, -0.05) is 0 Å². The van der Waals surface area contributed by atoms with E-state index in [1.165, 1.54) is 34.8 Å². The smallest absolute Gasteiger partial charge is 0.295 e. The Kier molecular flexibility index (Phi) is 5.87. The number of morpholine rings is 1. The number of ether oxygens (including phenoxy) is 1. The number of hydrogen-bond acceptors (Lipinski definition) is 8. The van der Waals surface area contributed by atoms with E-state index >= 15 is 0 Å². The number of nitro groups is 1. The van der Waals surface area contributed by atoms with Crippen molar-refractivity contribution in [1.82, 2.24) is 4.31 Å². The Morgan fingerprint density at radius 3 is 2.50 bits per heavy atom. The second-order valence-corrected chi connectivity index (χ2v) is 7.85. The molecule has 148 valence electrons. The molecule has 0 radical (unpaired) electrons. The van der Waals surface area contributed by atoms with Crippen LogP contribution < -0.4 is 5.43 Å². The third-order valence-electron chi connectivity index (χ3n) is 4.07. The molecule has 1 fully saturated rings. The number of rotatable bonds is 6. The second kappa shape index (κ2) is 8.33. The van der Waals surface area contributed by atoms with Crippen molar-refractivity contribution in [2.45, 2.75) is 4.90 Å². The molecule has 1 aliphatic heterocycles. The summed E-state index contributed by atoms with van der Waals surface area (Å²) in [5.74, 6) is 0.109. The Bertz CT molecular complexity index is 985. The van der Waals surface area contributed by atoms with Gasteiger partial charge in [0, 0.05) is 19.2 Å². The maximum atomic E-state index is 12.7. The molecule has 0 aromatic heterocycles. The minimum Gasteiger partial charge on any atom is -0.508 e. The lowest BCUT2D eigenvalue weighted by Crippen LogP contribution is -2.40. The number of aromatic hydroxyl groups is 1. The minimum absolute atomic E-state index is 0.0564. The SMILES string of the molecule is O=[N+]([O-])c1cc(S(=O)(=O)N2CCOCC2)ccc1N/N=C/c1ccc(O)cc1. The summed E-state index contributed by atoms with van der Waals surface area (Å²) < 4.78 is 31.7. The highest BCUT2D eigenvalue weighted by atomic mass is 32.2. The van der Waals surface area contributed by atoms with Crippen LogP contribution in [0.5, 0.6) is 5.75 Å². The fourth-order valence-corrected chi connectivity index (χ4v) is 4.02. The number of benzene rings is 2. The maximum Gasteiger partial charge on any atom is 0.295 e. The van der Waals surface area contributed by atoms with Gasteiger partial charge in [-0.25, -0.2) is 8.42 Å². The fourth-order valence-electron chi connectivity index (χ4n) is 2.59. The van der Waals surface area contributed by atoms with Crippen LogP contribution in [0.25, 0.3) is 0 Å². The molecule has 2 aromatic carbocycles. The molecule has 3 rings (SSSR count). The monoisotopic (exact) mass is 406 g/mol. The normalized spacial score (nSPS) is 15.6. The highest BCUT2D eigenvalue weighted by Crippen LogP contribution is 2.29. The average Bonchev–Trinajstić information content (AvgIpc) is 2.70. The number of hydrogen-bond donors (Lipinski definition) is 2. The van der Waals surface area contributed by atoms with Gasteiger partial charge in [0.1, 0.15) is 11.4 Å². The first-order chi connectivity index (χ1) is 13.4. The third kappa shape index (κ3) is 4.44. The van der Waals surface area contributed by atoms with E-state index in [4.69, 9.17) is 4.74 Å². The van der Waals surface area contributed by atoms with Crippen LogP contribution in [-0.2, 0) is 14.8 Å². The largest absolute Gasteiger partial charge is 0.508 e. The van der Waals surface area contributed by atoms with Gasteiger partial charge in [-0.3, -0.25) is 15.5 Å². The molecule has 2 aromatic rings. The Labute approximate surface area is 161 Å². The van der Waals surface area contributed by atoms with Crippen LogP contribution >= 0.6 is 0 Å². The standard InChI is InChI=1S/C17H18N4O6S/c22-14-3-1-13(2-4-14)12-18-19-16-6-5-15(11-17(16)21(23)24)28(25,26)20-7-9-27-10-8-20/h1-6,11-12,19,22H,7-10H2/b18-12+. The zero-order chi connectivity index (χ0) is 20.1. The first-order valence-corrected chi connectivity index (χ1v) is 9.76. The van der Waals surface area contributed by atoms with Crippen molar-refractivity contribution < 1.29 is 23.2 Å². The first kappa shape index (κ1) is 19.7. The Hall–Kier alpha value is -3.02. The van der Waals surface area contributed by atoms with Crippen LogP contribution in [0, 0.1) is 10.1 Å². The molecule has 0 atom stereocenters. The summed E-state index contributed by atoms with van der Waals surface area (Å²) in [6.07, 6.45) is 1.42. The number of phenolic OH excluding ortho intramolecular Hbond substituents is 1. The summed E-state index contributed by atoms with van der Waals surface area (Å²) in [5.41, 5.74) is 2.87. The van der Waals surface area contributed by atoms with Gasteiger partial charge in [0.15, 0.2) is 0 Å². The van der Waals surface area contributed by atoms with Crippen LogP contribution in [0.15, 0.2) is 52.5 Å². The van der Waals surface area contributed by atoms with Gasteiger partial charge >= 0.3 is 0 Å². The van der Waals surface area contributed by atoms with Crippen LogP contribution in [0.4, 0.5) is 11.4 Å². The molecule has 0 saturated carbocycles. The number of phenols is 1. The van der Waals surface area contributed by atoms with Gasteiger partial charge < -0.3 is 9.84 Å². The molecular formula is C17H18N4O6S. The molecule has 0 unspecified atom stereocenters. The molecule has 2 N–H and O–H groups in total. The highest BCUT2D eigenvalue weighted by Gasteiger charge is 2.28. The predicted molar refractivity (Wildman–Crippen MR) is 102 cm³/mol. The van der Waals surface area contributed by atoms with Crippen molar-refractivity contribution in [1.29, 1.82) is 0 Å². The van der Waals surface area contributed by atoms with Crippen molar-refractivity contribution in [3.63, 3.8) is 0 Å². The van der Waals surface area contributed by atoms with E-state index in [9.17, 15) is 23.6 Å². The summed E-state index contributed by atoms with van der Waals surface area (Å²) in [4.78, 5) is 10.6. The molecule has 0 spiro atoms. The molecule has 1 heterocycles. The van der Waals surface area contributed by atoms with E-state index in [2.05, 4.69) is 10.5 Å². The zero-order valence-corrected chi connectivity index (χ0v) is 15.5. The van der Waals surface area contributed by atoms with Gasteiger partial charge in [0.05, 0.1) is 29.2 Å². The molecule has 0 amide bonds. The van der Waals surface area contributed by atoms with E-state index < -0.39 is 20.6 Å².